The van der Waals surface area contributed by atoms with Crippen molar-refractivity contribution in [2.75, 3.05) is 5.73 Å². The van der Waals surface area contributed by atoms with E-state index in [4.69, 9.17) is 10.5 Å². The average molecular weight is 345 g/mol. The van der Waals surface area contributed by atoms with E-state index < -0.39 is 29.3 Å². The van der Waals surface area contributed by atoms with Gasteiger partial charge in [-0.2, -0.15) is 22.0 Å². The molecule has 0 atom stereocenters. The van der Waals surface area contributed by atoms with E-state index in [1.807, 2.05) is 0 Å². The molecule has 0 radical (unpaired) electrons. The zero-order valence-electron chi connectivity index (χ0n) is 12.1. The van der Waals surface area contributed by atoms with Gasteiger partial charge in [-0.15, -0.1) is 0 Å². The van der Waals surface area contributed by atoms with Crippen molar-refractivity contribution in [3.63, 3.8) is 0 Å². The fourth-order valence-corrected chi connectivity index (χ4v) is 1.91. The highest BCUT2D eigenvalue weighted by Crippen LogP contribution is 2.44. The van der Waals surface area contributed by atoms with Crippen molar-refractivity contribution in [1.82, 2.24) is 0 Å². The highest BCUT2D eigenvalue weighted by atomic mass is 19.4. The normalized spacial score (nSPS) is 12.0. The van der Waals surface area contributed by atoms with Crippen LogP contribution in [0, 0.1) is 0 Å². The molecule has 0 aliphatic heterocycles. The summed E-state index contributed by atoms with van der Waals surface area (Å²) in [5.74, 6) is -5.98. The second-order valence-electron chi connectivity index (χ2n) is 4.94. The first-order valence-electron chi connectivity index (χ1n) is 6.68. The summed E-state index contributed by atoms with van der Waals surface area (Å²) in [6.45, 7) is -0.0838. The fourth-order valence-electron chi connectivity index (χ4n) is 1.91. The summed E-state index contributed by atoms with van der Waals surface area (Å²) >= 11 is 0. The highest BCUT2D eigenvalue weighted by molar-refractivity contribution is 5.95. The summed E-state index contributed by atoms with van der Waals surface area (Å²) in [5, 5.41) is 0. The molecule has 0 amide bonds. The predicted octanol–water partition coefficient (Wildman–Crippen LogP) is 4.28. The van der Waals surface area contributed by atoms with Gasteiger partial charge in [0, 0.05) is 11.3 Å². The summed E-state index contributed by atoms with van der Waals surface area (Å²) in [7, 11) is 0. The average Bonchev–Trinajstić information content (AvgIpc) is 2.52. The van der Waals surface area contributed by atoms with Crippen molar-refractivity contribution < 1.29 is 31.5 Å². The summed E-state index contributed by atoms with van der Waals surface area (Å²) in [4.78, 5) is 11.9. The van der Waals surface area contributed by atoms with E-state index >= 15 is 0 Å². The van der Waals surface area contributed by atoms with Gasteiger partial charge in [0.25, 0.3) is 0 Å². The lowest BCUT2D eigenvalue weighted by molar-refractivity contribution is -0.289. The molecule has 0 saturated carbocycles. The Labute approximate surface area is 133 Å². The van der Waals surface area contributed by atoms with E-state index in [-0.39, 0.29) is 12.2 Å². The van der Waals surface area contributed by atoms with Gasteiger partial charge in [-0.25, -0.2) is 4.79 Å². The number of hydrogen-bond acceptors (Lipinski definition) is 3. The molecular formula is C16H12F5NO2. The van der Waals surface area contributed by atoms with Gasteiger partial charge in [-0.1, -0.05) is 36.4 Å². The zero-order chi connectivity index (χ0) is 18.0. The maximum Gasteiger partial charge on any atom is 0.458 e. The van der Waals surface area contributed by atoms with Crippen molar-refractivity contribution in [3.05, 3.63) is 65.2 Å². The van der Waals surface area contributed by atoms with Gasteiger partial charge >= 0.3 is 18.1 Å². The van der Waals surface area contributed by atoms with Crippen LogP contribution in [0.15, 0.2) is 48.5 Å². The molecule has 2 aromatic carbocycles. The van der Waals surface area contributed by atoms with E-state index in [0.29, 0.717) is 17.7 Å². The van der Waals surface area contributed by atoms with Gasteiger partial charge in [-0.3, -0.25) is 0 Å². The van der Waals surface area contributed by atoms with Crippen LogP contribution in [0.3, 0.4) is 0 Å². The van der Waals surface area contributed by atoms with Gasteiger partial charge in [0.2, 0.25) is 0 Å². The first kappa shape index (κ1) is 17.7. The Morgan fingerprint density at radius 2 is 1.62 bits per heavy atom. The number of rotatable bonds is 4. The standard InChI is InChI=1S/C16H12F5NO2/c17-15(18,16(19,20)21)11-6-7-12(13(22)8-11)14(23)24-9-10-4-2-1-3-5-10/h1-8H,9,22H2. The fraction of sp³-hybridized carbons (Fsp3) is 0.188. The van der Waals surface area contributed by atoms with Crippen LogP contribution in [0.4, 0.5) is 27.6 Å². The van der Waals surface area contributed by atoms with Crippen LogP contribution in [0.25, 0.3) is 0 Å². The first-order chi connectivity index (χ1) is 11.1. The Bertz CT molecular complexity index is 729. The molecule has 8 heteroatoms. The largest absolute Gasteiger partial charge is 0.458 e. The minimum Gasteiger partial charge on any atom is -0.457 e. The Kier molecular flexibility index (Phi) is 4.77. The third-order valence-corrected chi connectivity index (χ3v) is 3.20. The predicted molar refractivity (Wildman–Crippen MR) is 76.4 cm³/mol. The van der Waals surface area contributed by atoms with Gasteiger partial charge in [0.05, 0.1) is 5.56 Å². The number of nitrogens with two attached hydrogens (primary N) is 1. The number of nitrogen functional groups attached to an aromatic ring is 1. The van der Waals surface area contributed by atoms with Crippen LogP contribution in [0.5, 0.6) is 0 Å². The molecule has 0 spiro atoms. The molecule has 3 nitrogen and oxygen atoms in total. The summed E-state index contributed by atoms with van der Waals surface area (Å²) < 4.78 is 68.5. The molecule has 0 saturated heterocycles. The minimum absolute atomic E-state index is 0.0838. The molecule has 0 heterocycles. The van der Waals surface area contributed by atoms with Crippen molar-refractivity contribution in [3.8, 4) is 0 Å². The van der Waals surface area contributed by atoms with E-state index in [1.54, 1.807) is 30.3 Å². The zero-order valence-corrected chi connectivity index (χ0v) is 12.1. The highest BCUT2D eigenvalue weighted by Gasteiger charge is 2.58. The number of hydrogen-bond donors (Lipinski definition) is 1. The molecule has 0 fully saturated rings. The number of ether oxygens (including phenoxy) is 1. The molecule has 24 heavy (non-hydrogen) atoms. The molecule has 2 N–H and O–H groups in total. The number of carbonyl (C=O) groups excluding carboxylic acids is 1. The van der Waals surface area contributed by atoms with E-state index in [1.165, 1.54) is 0 Å². The lowest BCUT2D eigenvalue weighted by Crippen LogP contribution is -2.33. The van der Waals surface area contributed by atoms with Gasteiger partial charge < -0.3 is 10.5 Å². The third kappa shape index (κ3) is 3.64. The summed E-state index contributed by atoms with van der Waals surface area (Å²) in [6, 6.07) is 10.3. The molecule has 0 aromatic heterocycles. The van der Waals surface area contributed by atoms with Crippen molar-refractivity contribution in [2.45, 2.75) is 18.7 Å². The van der Waals surface area contributed by atoms with Crippen LogP contribution in [0.1, 0.15) is 21.5 Å². The topological polar surface area (TPSA) is 52.3 Å². The number of halogens is 5. The Morgan fingerprint density at radius 1 is 1.00 bits per heavy atom. The van der Waals surface area contributed by atoms with Crippen molar-refractivity contribution in [2.24, 2.45) is 0 Å². The molecule has 2 rings (SSSR count). The second kappa shape index (κ2) is 6.46. The molecule has 0 aliphatic rings. The molecule has 128 valence electrons. The number of esters is 1. The van der Waals surface area contributed by atoms with Gasteiger partial charge in [0.1, 0.15) is 6.61 Å². The lowest BCUT2D eigenvalue weighted by Gasteiger charge is -2.20. The summed E-state index contributed by atoms with van der Waals surface area (Å²) in [6.07, 6.45) is -5.76. The Morgan fingerprint density at radius 3 is 2.17 bits per heavy atom. The monoisotopic (exact) mass is 345 g/mol. The third-order valence-electron chi connectivity index (χ3n) is 3.20. The summed E-state index contributed by atoms with van der Waals surface area (Å²) in [5.41, 5.74) is 3.97. The van der Waals surface area contributed by atoms with E-state index in [9.17, 15) is 26.7 Å². The maximum absolute atomic E-state index is 13.2. The van der Waals surface area contributed by atoms with E-state index in [0.717, 1.165) is 6.07 Å². The van der Waals surface area contributed by atoms with Gasteiger partial charge in [0.15, 0.2) is 0 Å². The van der Waals surface area contributed by atoms with Crippen LogP contribution in [0.2, 0.25) is 0 Å². The smallest absolute Gasteiger partial charge is 0.457 e. The second-order valence-corrected chi connectivity index (χ2v) is 4.94. The van der Waals surface area contributed by atoms with Crippen LogP contribution in [-0.2, 0) is 17.3 Å². The van der Waals surface area contributed by atoms with Crippen LogP contribution < -0.4 is 5.73 Å². The van der Waals surface area contributed by atoms with Crippen molar-refractivity contribution >= 4 is 11.7 Å². The number of alkyl halides is 5. The molecular weight excluding hydrogens is 333 g/mol. The number of anilines is 1. The van der Waals surface area contributed by atoms with Crippen LogP contribution >= 0.6 is 0 Å². The van der Waals surface area contributed by atoms with Crippen LogP contribution in [-0.4, -0.2) is 12.1 Å². The minimum atomic E-state index is -5.76. The number of benzene rings is 2. The molecule has 2 aromatic rings. The molecule has 0 aliphatic carbocycles. The maximum atomic E-state index is 13.2. The molecule has 0 unspecified atom stereocenters. The SMILES string of the molecule is Nc1cc(C(F)(F)C(F)(F)F)ccc1C(=O)OCc1ccccc1. The molecule has 0 bridgehead atoms. The Hall–Kier alpha value is -2.64. The quantitative estimate of drug-likeness (QED) is 0.511. The van der Waals surface area contributed by atoms with Crippen molar-refractivity contribution in [1.29, 1.82) is 0 Å². The number of carbonyl (C=O) groups is 1. The van der Waals surface area contributed by atoms with E-state index in [2.05, 4.69) is 0 Å². The lowest BCUT2D eigenvalue weighted by atomic mass is 10.0. The van der Waals surface area contributed by atoms with Gasteiger partial charge in [-0.05, 0) is 17.7 Å². The first-order valence-corrected chi connectivity index (χ1v) is 6.68. The Balaban J connectivity index is 2.16.